The van der Waals surface area contributed by atoms with Crippen molar-refractivity contribution < 1.29 is 41.8 Å². The van der Waals surface area contributed by atoms with Crippen molar-refractivity contribution in [1.29, 1.82) is 0 Å². The fourth-order valence-electron chi connectivity index (χ4n) is 3.57. The molecule has 0 saturated carbocycles. The average Bonchev–Trinajstić information content (AvgIpc) is 2.84. The van der Waals surface area contributed by atoms with E-state index in [2.05, 4.69) is 10.1 Å². The van der Waals surface area contributed by atoms with Gasteiger partial charge in [-0.05, 0) is 23.9 Å². The number of nitrogens with zero attached hydrogens (tertiary/aromatic N) is 1. The summed E-state index contributed by atoms with van der Waals surface area (Å²) in [7, 11) is 0. The van der Waals surface area contributed by atoms with E-state index >= 15 is 0 Å². The number of benzene rings is 2. The molecule has 2 aromatic carbocycles. The molecule has 12 heteroatoms. The molecule has 0 radical (unpaired) electrons. The van der Waals surface area contributed by atoms with Gasteiger partial charge >= 0.3 is 5.97 Å². The van der Waals surface area contributed by atoms with Gasteiger partial charge in [-0.2, -0.15) is 8.78 Å². The predicted molar refractivity (Wildman–Crippen MR) is 118 cm³/mol. The normalized spacial score (nSPS) is 12.7. The van der Waals surface area contributed by atoms with Crippen molar-refractivity contribution in [2.45, 2.75) is 31.8 Å². The Morgan fingerprint density at radius 2 is 1.69 bits per heavy atom. The lowest BCUT2D eigenvalue weighted by atomic mass is 10.1. The van der Waals surface area contributed by atoms with Gasteiger partial charge in [0.05, 0.1) is 6.42 Å². The number of carboxylic acids is 1. The molecule has 8 nitrogen and oxygen atoms in total. The molecule has 190 valence electrons. The number of pyridine rings is 1. The van der Waals surface area contributed by atoms with Gasteiger partial charge in [0.2, 0.25) is 17.5 Å². The van der Waals surface area contributed by atoms with Crippen LogP contribution in [0.3, 0.4) is 0 Å². The zero-order valence-electron chi connectivity index (χ0n) is 18.8. The monoisotopic (exact) mass is 508 g/mol. The Balaban J connectivity index is 1.82. The smallest absolute Gasteiger partial charge is 0.305 e. The molecule has 0 spiro atoms. The van der Waals surface area contributed by atoms with Crippen LogP contribution in [-0.2, 0) is 14.4 Å². The lowest BCUT2D eigenvalue weighted by Crippen LogP contribution is -2.47. The first-order valence-corrected chi connectivity index (χ1v) is 10.7. The van der Waals surface area contributed by atoms with Gasteiger partial charge < -0.3 is 19.7 Å². The summed E-state index contributed by atoms with van der Waals surface area (Å²) >= 11 is 0. The number of carbonyl (C=O) groups excluding carboxylic acids is 2. The van der Waals surface area contributed by atoms with Crippen LogP contribution in [0.25, 0.3) is 10.8 Å². The first-order chi connectivity index (χ1) is 17.0. The van der Waals surface area contributed by atoms with Crippen molar-refractivity contribution in [3.63, 3.8) is 0 Å². The van der Waals surface area contributed by atoms with Crippen LogP contribution < -0.4 is 15.6 Å². The van der Waals surface area contributed by atoms with Crippen molar-refractivity contribution in [1.82, 2.24) is 9.88 Å². The Morgan fingerprint density at radius 1 is 1.06 bits per heavy atom. The number of carboxylic acid groups (broad SMARTS) is 1. The van der Waals surface area contributed by atoms with Crippen LogP contribution >= 0.6 is 0 Å². The van der Waals surface area contributed by atoms with Crippen LogP contribution in [0, 0.1) is 23.3 Å². The lowest BCUT2D eigenvalue weighted by Gasteiger charge is -2.22. The Bertz CT molecular complexity index is 1360. The van der Waals surface area contributed by atoms with E-state index in [9.17, 15) is 36.7 Å². The van der Waals surface area contributed by atoms with Crippen LogP contribution in [-0.4, -0.2) is 40.0 Å². The molecule has 1 aromatic heterocycles. The summed E-state index contributed by atoms with van der Waals surface area (Å²) in [4.78, 5) is 49.7. The summed E-state index contributed by atoms with van der Waals surface area (Å²) in [6.45, 7) is 0.384. The van der Waals surface area contributed by atoms with E-state index in [0.717, 1.165) is 4.57 Å². The molecule has 2 atom stereocenters. The van der Waals surface area contributed by atoms with Gasteiger partial charge in [-0.1, -0.05) is 25.1 Å². The number of hydrogen-bond acceptors (Lipinski definition) is 5. The van der Waals surface area contributed by atoms with Gasteiger partial charge in [0, 0.05) is 17.6 Å². The second-order valence-electron chi connectivity index (χ2n) is 7.75. The molecule has 36 heavy (non-hydrogen) atoms. The predicted octanol–water partition coefficient (Wildman–Crippen LogP) is 3.12. The molecule has 0 aliphatic heterocycles. The van der Waals surface area contributed by atoms with E-state index in [1.54, 1.807) is 37.3 Å². The minimum atomic E-state index is -1.89. The Kier molecular flexibility index (Phi) is 8.07. The van der Waals surface area contributed by atoms with E-state index in [0.29, 0.717) is 10.8 Å². The Hall–Kier alpha value is -4.22. The van der Waals surface area contributed by atoms with Crippen molar-refractivity contribution in [2.24, 2.45) is 0 Å². The summed E-state index contributed by atoms with van der Waals surface area (Å²) in [5.41, 5.74) is -0.487. The van der Waals surface area contributed by atoms with E-state index in [-0.39, 0.29) is 12.5 Å². The quantitative estimate of drug-likeness (QED) is 0.321. The summed E-state index contributed by atoms with van der Waals surface area (Å²) < 4.78 is 60.0. The van der Waals surface area contributed by atoms with Crippen LogP contribution in [0.15, 0.2) is 47.4 Å². The highest BCUT2D eigenvalue weighted by molar-refractivity contribution is 5.93. The second kappa shape index (κ2) is 11.0. The highest BCUT2D eigenvalue weighted by atomic mass is 19.2. The molecule has 1 heterocycles. The fraction of sp³-hybridized carbons (Fsp3) is 0.250. The van der Waals surface area contributed by atoms with Gasteiger partial charge in [0.1, 0.15) is 18.7 Å². The number of nitrogens with one attached hydrogen (secondary N) is 1. The number of Topliss-reactive ketones (excluding diaryl/α,β-unsaturated/α-hetero) is 1. The number of rotatable bonds is 10. The van der Waals surface area contributed by atoms with Crippen LogP contribution in [0.1, 0.15) is 25.8 Å². The number of fused-ring (bicyclic) bond motifs is 1. The summed E-state index contributed by atoms with van der Waals surface area (Å²) in [6, 6.07) is 5.36. The maximum Gasteiger partial charge on any atom is 0.305 e. The number of hydrogen-bond donors (Lipinski definition) is 2. The van der Waals surface area contributed by atoms with E-state index < -0.39 is 77.3 Å². The molecular weight excluding hydrogens is 488 g/mol. The third-order valence-electron chi connectivity index (χ3n) is 5.38. The van der Waals surface area contributed by atoms with Gasteiger partial charge in [-0.3, -0.25) is 19.2 Å². The number of carbonyl (C=O) groups is 3. The zero-order valence-corrected chi connectivity index (χ0v) is 18.8. The second-order valence-corrected chi connectivity index (χ2v) is 7.75. The molecule has 3 rings (SSSR count). The van der Waals surface area contributed by atoms with Crippen molar-refractivity contribution in [3.05, 3.63) is 76.2 Å². The topological polar surface area (TPSA) is 115 Å². The number of amides is 1. The van der Waals surface area contributed by atoms with Gasteiger partial charge in [0.25, 0.3) is 5.56 Å². The SMILES string of the molecule is CC[C@@H](C(=O)NC(CC(=O)O)C(=O)COc1c(F)c(F)cc(F)c1F)n1ccc2ccccc2c1=O. The Morgan fingerprint density at radius 3 is 2.31 bits per heavy atom. The van der Waals surface area contributed by atoms with Crippen molar-refractivity contribution in [2.75, 3.05) is 6.61 Å². The summed E-state index contributed by atoms with van der Waals surface area (Å²) in [5.74, 6) is -12.3. The average molecular weight is 508 g/mol. The number of halogens is 4. The molecule has 0 aliphatic carbocycles. The van der Waals surface area contributed by atoms with Gasteiger partial charge in [0.15, 0.2) is 23.2 Å². The van der Waals surface area contributed by atoms with Gasteiger partial charge in [-0.25, -0.2) is 8.78 Å². The van der Waals surface area contributed by atoms with E-state index in [1.165, 1.54) is 6.20 Å². The van der Waals surface area contributed by atoms with Gasteiger partial charge in [-0.15, -0.1) is 0 Å². The first-order valence-electron chi connectivity index (χ1n) is 10.7. The standard InChI is InChI=1S/C24H20F4N2O6/c1-2-17(30-8-7-12-5-3-4-6-13(12)24(30)35)23(34)29-16(10-19(32)33)18(31)11-36-22-20(27)14(25)9-15(26)21(22)28/h3-9,16-17H,2,10-11H2,1H3,(H,29,34)(H,32,33)/t16?,17-/m0/s1. The molecule has 1 amide bonds. The zero-order chi connectivity index (χ0) is 26.6. The molecule has 2 N–H and O–H groups in total. The Labute approximate surface area is 201 Å². The number of ketones is 1. The molecule has 0 bridgehead atoms. The van der Waals surface area contributed by atoms with E-state index in [1.807, 2.05) is 0 Å². The lowest BCUT2D eigenvalue weighted by molar-refractivity contribution is -0.140. The van der Waals surface area contributed by atoms with Crippen LogP contribution in [0.4, 0.5) is 17.6 Å². The minimum Gasteiger partial charge on any atom is -0.481 e. The number of aromatic nitrogens is 1. The maximum absolute atomic E-state index is 13.8. The first kappa shape index (κ1) is 26.4. The molecule has 0 saturated heterocycles. The van der Waals surface area contributed by atoms with Crippen LogP contribution in [0.5, 0.6) is 5.75 Å². The third kappa shape index (κ3) is 5.53. The maximum atomic E-state index is 13.8. The minimum absolute atomic E-state index is 0.0492. The largest absolute Gasteiger partial charge is 0.481 e. The van der Waals surface area contributed by atoms with Crippen molar-refractivity contribution >= 4 is 28.4 Å². The number of aliphatic carboxylic acids is 1. The fourth-order valence-corrected chi connectivity index (χ4v) is 3.57. The molecule has 3 aromatic rings. The number of ether oxygens (including phenoxy) is 1. The highest BCUT2D eigenvalue weighted by Crippen LogP contribution is 2.26. The summed E-state index contributed by atoms with van der Waals surface area (Å²) in [6.07, 6.45) is 0.548. The van der Waals surface area contributed by atoms with Crippen LogP contribution in [0.2, 0.25) is 0 Å². The molecular formula is C24H20F4N2O6. The summed E-state index contributed by atoms with van der Waals surface area (Å²) in [5, 5.41) is 12.3. The molecule has 1 unspecified atom stereocenters. The molecule has 0 fully saturated rings. The van der Waals surface area contributed by atoms with E-state index in [4.69, 9.17) is 5.11 Å². The molecule has 0 aliphatic rings. The highest BCUT2D eigenvalue weighted by Gasteiger charge is 2.29. The van der Waals surface area contributed by atoms with Crippen molar-refractivity contribution in [3.8, 4) is 5.75 Å². The third-order valence-corrected chi connectivity index (χ3v) is 5.38.